The molecule has 0 fully saturated rings. The summed E-state index contributed by atoms with van der Waals surface area (Å²) in [4.78, 5) is 9.97. The molecule has 0 bridgehead atoms. The Kier molecular flexibility index (Phi) is 4.48. The van der Waals surface area contributed by atoms with Crippen molar-refractivity contribution in [2.75, 3.05) is 0 Å². The van der Waals surface area contributed by atoms with Crippen molar-refractivity contribution in [2.24, 2.45) is 0 Å². The first-order valence-corrected chi connectivity index (χ1v) is 7.44. The molecule has 0 N–H and O–H groups in total. The number of hydrogen-bond acceptors (Lipinski definition) is 3. The standard InChI is InChI=1S/C15H17ClN2S/c1-9(2)15-17-13(16)8-14(18-15)19-12-6-5-10(3)11(4)7-12/h5-9H,1-4H3. The molecule has 1 aromatic heterocycles. The van der Waals surface area contributed by atoms with Crippen molar-refractivity contribution in [2.45, 2.75) is 43.5 Å². The molecule has 2 aromatic rings. The van der Waals surface area contributed by atoms with E-state index in [0.29, 0.717) is 5.15 Å². The average Bonchev–Trinajstić information content (AvgIpc) is 2.33. The average molecular weight is 293 g/mol. The van der Waals surface area contributed by atoms with Gasteiger partial charge in [-0.05, 0) is 37.1 Å². The third kappa shape index (κ3) is 3.71. The molecule has 0 amide bonds. The van der Waals surface area contributed by atoms with E-state index in [1.807, 2.05) is 6.07 Å². The Bertz CT molecular complexity index is 597. The SMILES string of the molecule is Cc1ccc(Sc2cc(Cl)nc(C(C)C)n2)cc1C. The van der Waals surface area contributed by atoms with E-state index < -0.39 is 0 Å². The molecule has 19 heavy (non-hydrogen) atoms. The van der Waals surface area contributed by atoms with Crippen molar-refractivity contribution in [1.29, 1.82) is 0 Å². The summed E-state index contributed by atoms with van der Waals surface area (Å²) in [5.41, 5.74) is 2.59. The van der Waals surface area contributed by atoms with Crippen LogP contribution in [-0.2, 0) is 0 Å². The molecule has 2 rings (SSSR count). The van der Waals surface area contributed by atoms with Crippen LogP contribution in [0.2, 0.25) is 5.15 Å². The highest BCUT2D eigenvalue weighted by Crippen LogP contribution is 2.29. The van der Waals surface area contributed by atoms with Gasteiger partial charge in [-0.2, -0.15) is 0 Å². The van der Waals surface area contributed by atoms with E-state index in [2.05, 4.69) is 55.9 Å². The van der Waals surface area contributed by atoms with Gasteiger partial charge in [0.05, 0.1) is 0 Å². The maximum atomic E-state index is 6.05. The van der Waals surface area contributed by atoms with Crippen LogP contribution in [0.3, 0.4) is 0 Å². The van der Waals surface area contributed by atoms with Crippen molar-refractivity contribution in [3.8, 4) is 0 Å². The minimum Gasteiger partial charge on any atom is -0.226 e. The van der Waals surface area contributed by atoms with E-state index in [4.69, 9.17) is 11.6 Å². The van der Waals surface area contributed by atoms with Crippen LogP contribution in [0.15, 0.2) is 34.2 Å². The number of aryl methyl sites for hydroxylation is 2. The molecule has 0 aliphatic rings. The zero-order valence-corrected chi connectivity index (χ0v) is 13.1. The lowest BCUT2D eigenvalue weighted by atomic mass is 10.1. The Hall–Kier alpha value is -1.06. The first-order chi connectivity index (χ1) is 8.95. The summed E-state index contributed by atoms with van der Waals surface area (Å²) in [5.74, 6) is 1.07. The quantitative estimate of drug-likeness (QED) is 0.743. The van der Waals surface area contributed by atoms with Gasteiger partial charge in [-0.15, -0.1) is 0 Å². The molecule has 0 aliphatic heterocycles. The zero-order valence-electron chi connectivity index (χ0n) is 11.6. The van der Waals surface area contributed by atoms with Crippen LogP contribution in [0.25, 0.3) is 0 Å². The Morgan fingerprint density at radius 2 is 1.79 bits per heavy atom. The van der Waals surface area contributed by atoms with Crippen molar-refractivity contribution >= 4 is 23.4 Å². The molecule has 1 heterocycles. The van der Waals surface area contributed by atoms with Crippen LogP contribution in [0, 0.1) is 13.8 Å². The van der Waals surface area contributed by atoms with Gasteiger partial charge >= 0.3 is 0 Å². The van der Waals surface area contributed by atoms with Crippen LogP contribution >= 0.6 is 23.4 Å². The molecule has 0 spiro atoms. The molecule has 0 atom stereocenters. The highest BCUT2D eigenvalue weighted by atomic mass is 35.5. The van der Waals surface area contributed by atoms with Gasteiger partial charge < -0.3 is 0 Å². The van der Waals surface area contributed by atoms with Crippen molar-refractivity contribution in [1.82, 2.24) is 9.97 Å². The van der Waals surface area contributed by atoms with E-state index >= 15 is 0 Å². The molecule has 1 aromatic carbocycles. The van der Waals surface area contributed by atoms with Crippen LogP contribution in [0.5, 0.6) is 0 Å². The Balaban J connectivity index is 2.29. The van der Waals surface area contributed by atoms with Gasteiger partial charge in [0.2, 0.25) is 0 Å². The first kappa shape index (κ1) is 14.4. The van der Waals surface area contributed by atoms with Crippen LogP contribution < -0.4 is 0 Å². The van der Waals surface area contributed by atoms with Gasteiger partial charge in [0, 0.05) is 16.9 Å². The summed E-state index contributed by atoms with van der Waals surface area (Å²) >= 11 is 7.67. The van der Waals surface area contributed by atoms with Gasteiger partial charge in [0.25, 0.3) is 0 Å². The minimum atomic E-state index is 0.276. The molecular weight excluding hydrogens is 276 g/mol. The maximum absolute atomic E-state index is 6.05. The van der Waals surface area contributed by atoms with Gasteiger partial charge in [-0.25, -0.2) is 9.97 Å². The monoisotopic (exact) mass is 292 g/mol. The second-order valence-corrected chi connectivity index (χ2v) is 6.37. The molecule has 0 unspecified atom stereocenters. The van der Waals surface area contributed by atoms with Gasteiger partial charge in [-0.3, -0.25) is 0 Å². The second kappa shape index (κ2) is 5.93. The third-order valence-electron chi connectivity index (χ3n) is 2.91. The maximum Gasteiger partial charge on any atom is 0.133 e. The lowest BCUT2D eigenvalue weighted by molar-refractivity contribution is 0.753. The number of hydrogen-bond donors (Lipinski definition) is 0. The van der Waals surface area contributed by atoms with Crippen LogP contribution in [0.4, 0.5) is 0 Å². The van der Waals surface area contributed by atoms with E-state index in [9.17, 15) is 0 Å². The number of aromatic nitrogens is 2. The molecule has 0 saturated carbocycles. The highest BCUT2D eigenvalue weighted by molar-refractivity contribution is 7.99. The first-order valence-electron chi connectivity index (χ1n) is 6.25. The van der Waals surface area contributed by atoms with Crippen LogP contribution in [0.1, 0.15) is 36.7 Å². The van der Waals surface area contributed by atoms with E-state index in [1.165, 1.54) is 16.0 Å². The molecule has 2 nitrogen and oxygen atoms in total. The number of nitrogens with zero attached hydrogens (tertiary/aromatic N) is 2. The number of benzene rings is 1. The topological polar surface area (TPSA) is 25.8 Å². The Morgan fingerprint density at radius 3 is 2.42 bits per heavy atom. The summed E-state index contributed by atoms with van der Waals surface area (Å²) in [6.07, 6.45) is 0. The summed E-state index contributed by atoms with van der Waals surface area (Å²) in [5, 5.41) is 1.40. The Morgan fingerprint density at radius 1 is 1.05 bits per heavy atom. The fourth-order valence-electron chi connectivity index (χ4n) is 1.62. The molecule has 100 valence electrons. The van der Waals surface area contributed by atoms with E-state index in [1.54, 1.807) is 11.8 Å². The Labute approximate surface area is 123 Å². The second-order valence-electron chi connectivity index (χ2n) is 4.89. The normalized spacial score (nSPS) is 11.1. The zero-order chi connectivity index (χ0) is 14.0. The summed E-state index contributed by atoms with van der Waals surface area (Å²) in [7, 11) is 0. The lowest BCUT2D eigenvalue weighted by Crippen LogP contribution is -1.98. The molecule has 0 radical (unpaired) electrons. The number of halogens is 1. The fourth-order valence-corrected chi connectivity index (χ4v) is 2.80. The largest absolute Gasteiger partial charge is 0.226 e. The van der Waals surface area contributed by atoms with Gasteiger partial charge in [0.15, 0.2) is 0 Å². The van der Waals surface area contributed by atoms with Gasteiger partial charge in [0.1, 0.15) is 16.0 Å². The summed E-state index contributed by atoms with van der Waals surface area (Å²) in [6.45, 7) is 8.36. The summed E-state index contributed by atoms with van der Waals surface area (Å²) in [6, 6.07) is 8.22. The molecule has 4 heteroatoms. The summed E-state index contributed by atoms with van der Waals surface area (Å²) < 4.78 is 0. The molecular formula is C15H17ClN2S. The third-order valence-corrected chi connectivity index (χ3v) is 4.01. The van der Waals surface area contributed by atoms with Gasteiger partial charge in [-0.1, -0.05) is 43.3 Å². The molecule has 0 saturated heterocycles. The highest BCUT2D eigenvalue weighted by Gasteiger charge is 2.08. The molecule has 0 aliphatic carbocycles. The van der Waals surface area contributed by atoms with E-state index in [0.717, 1.165) is 10.9 Å². The lowest BCUT2D eigenvalue weighted by Gasteiger charge is -2.08. The fraction of sp³-hybridized carbons (Fsp3) is 0.333. The smallest absolute Gasteiger partial charge is 0.133 e. The van der Waals surface area contributed by atoms with Crippen molar-refractivity contribution in [3.63, 3.8) is 0 Å². The van der Waals surface area contributed by atoms with Crippen molar-refractivity contribution < 1.29 is 0 Å². The predicted molar refractivity (Wildman–Crippen MR) is 81.2 cm³/mol. The van der Waals surface area contributed by atoms with Crippen LogP contribution in [-0.4, -0.2) is 9.97 Å². The van der Waals surface area contributed by atoms with E-state index in [-0.39, 0.29) is 5.92 Å². The predicted octanol–water partition coefficient (Wildman–Crippen LogP) is 5.02. The van der Waals surface area contributed by atoms with Crippen molar-refractivity contribution in [3.05, 3.63) is 46.4 Å². The minimum absolute atomic E-state index is 0.276. The number of rotatable bonds is 3.